The van der Waals surface area contributed by atoms with Gasteiger partial charge in [-0.3, -0.25) is 9.69 Å². The van der Waals surface area contributed by atoms with E-state index in [1.807, 2.05) is 12.1 Å². The molecule has 0 unspecified atom stereocenters. The molecule has 2 aromatic rings. The minimum atomic E-state index is -0.0151. The molecular formula is C22H28N2O. The highest BCUT2D eigenvalue weighted by Crippen LogP contribution is 2.18. The van der Waals surface area contributed by atoms with Gasteiger partial charge in [0.25, 0.3) is 5.91 Å². The lowest BCUT2D eigenvalue weighted by molar-refractivity contribution is 0.0951. The first-order chi connectivity index (χ1) is 12.1. The van der Waals surface area contributed by atoms with Crippen molar-refractivity contribution in [2.75, 3.05) is 13.1 Å². The highest BCUT2D eigenvalue weighted by molar-refractivity contribution is 5.94. The van der Waals surface area contributed by atoms with Crippen molar-refractivity contribution >= 4 is 5.91 Å². The molecule has 0 spiro atoms. The summed E-state index contributed by atoms with van der Waals surface area (Å²) in [6.45, 7) is 8.30. The van der Waals surface area contributed by atoms with Gasteiger partial charge >= 0.3 is 0 Å². The van der Waals surface area contributed by atoms with Crippen LogP contribution in [0.4, 0.5) is 0 Å². The van der Waals surface area contributed by atoms with Gasteiger partial charge in [-0.25, -0.2) is 0 Å². The minimum absolute atomic E-state index is 0.0151. The Bertz CT molecular complexity index is 691. The summed E-state index contributed by atoms with van der Waals surface area (Å²) in [5.41, 5.74) is 4.36. The molecule has 1 heterocycles. The fraction of sp³-hybridized carbons (Fsp3) is 0.409. The van der Waals surface area contributed by atoms with Crippen LogP contribution in [0.1, 0.15) is 46.8 Å². The number of aryl methyl sites for hydroxylation is 1. The number of hydrogen-bond acceptors (Lipinski definition) is 2. The molecule has 1 saturated heterocycles. The van der Waals surface area contributed by atoms with Crippen LogP contribution in [0, 0.1) is 12.8 Å². The molecule has 1 aliphatic rings. The molecule has 2 aromatic carbocycles. The van der Waals surface area contributed by atoms with Crippen molar-refractivity contribution in [3.8, 4) is 0 Å². The summed E-state index contributed by atoms with van der Waals surface area (Å²) in [6, 6.07) is 16.3. The number of benzene rings is 2. The number of rotatable bonds is 5. The van der Waals surface area contributed by atoms with Crippen LogP contribution in [-0.2, 0) is 13.1 Å². The quantitative estimate of drug-likeness (QED) is 0.889. The number of likely N-dealkylation sites (tertiary alicyclic amines) is 1. The van der Waals surface area contributed by atoms with E-state index in [4.69, 9.17) is 0 Å². The van der Waals surface area contributed by atoms with Crippen molar-refractivity contribution in [2.24, 2.45) is 5.92 Å². The molecule has 1 fully saturated rings. The van der Waals surface area contributed by atoms with E-state index in [1.165, 1.54) is 37.1 Å². The fourth-order valence-corrected chi connectivity index (χ4v) is 3.44. The lowest BCUT2D eigenvalue weighted by Gasteiger charge is -2.30. The van der Waals surface area contributed by atoms with Crippen molar-refractivity contribution in [2.45, 2.75) is 39.8 Å². The Balaban J connectivity index is 1.52. The van der Waals surface area contributed by atoms with Crippen LogP contribution >= 0.6 is 0 Å². The monoisotopic (exact) mass is 336 g/mol. The third kappa shape index (κ3) is 5.17. The predicted molar refractivity (Wildman–Crippen MR) is 102 cm³/mol. The molecule has 0 radical (unpaired) electrons. The SMILES string of the molecule is Cc1ccc(CNC(=O)c2ccc(CN3CCC[C@@H](C)C3)cc2)cc1. The highest BCUT2D eigenvalue weighted by atomic mass is 16.1. The van der Waals surface area contributed by atoms with Gasteiger partial charge in [-0.1, -0.05) is 48.9 Å². The molecule has 1 N–H and O–H groups in total. The van der Waals surface area contributed by atoms with Gasteiger partial charge in [0.2, 0.25) is 0 Å². The molecular weight excluding hydrogens is 308 g/mol. The topological polar surface area (TPSA) is 32.3 Å². The van der Waals surface area contributed by atoms with Gasteiger partial charge in [0.15, 0.2) is 0 Å². The molecule has 0 aromatic heterocycles. The van der Waals surface area contributed by atoms with Gasteiger partial charge < -0.3 is 5.32 Å². The Morgan fingerprint density at radius 2 is 1.76 bits per heavy atom. The molecule has 1 amide bonds. The Labute approximate surface area is 151 Å². The van der Waals surface area contributed by atoms with Gasteiger partial charge in [0.05, 0.1) is 0 Å². The Kier molecular flexibility index (Phi) is 5.87. The predicted octanol–water partition coefficient (Wildman–Crippen LogP) is 4.16. The molecule has 0 saturated carbocycles. The molecule has 3 rings (SSSR count). The maximum atomic E-state index is 12.3. The zero-order valence-electron chi connectivity index (χ0n) is 15.3. The molecule has 0 aliphatic carbocycles. The molecule has 1 atom stereocenters. The van der Waals surface area contributed by atoms with E-state index in [2.05, 4.69) is 60.5 Å². The second-order valence-corrected chi connectivity index (χ2v) is 7.35. The van der Waals surface area contributed by atoms with Crippen molar-refractivity contribution in [3.05, 3.63) is 70.8 Å². The van der Waals surface area contributed by atoms with Gasteiger partial charge in [-0.2, -0.15) is 0 Å². The van der Waals surface area contributed by atoms with Crippen LogP contribution in [0.3, 0.4) is 0 Å². The summed E-state index contributed by atoms with van der Waals surface area (Å²) >= 11 is 0. The molecule has 0 bridgehead atoms. The van der Waals surface area contributed by atoms with E-state index >= 15 is 0 Å². The van der Waals surface area contributed by atoms with Crippen LogP contribution in [0.5, 0.6) is 0 Å². The minimum Gasteiger partial charge on any atom is -0.348 e. The van der Waals surface area contributed by atoms with Gasteiger partial charge in [0.1, 0.15) is 0 Å². The number of carbonyl (C=O) groups is 1. The molecule has 3 nitrogen and oxygen atoms in total. The van der Waals surface area contributed by atoms with Crippen LogP contribution in [0.2, 0.25) is 0 Å². The number of carbonyl (C=O) groups excluding carboxylic acids is 1. The Morgan fingerprint density at radius 1 is 1.08 bits per heavy atom. The summed E-state index contributed by atoms with van der Waals surface area (Å²) < 4.78 is 0. The van der Waals surface area contributed by atoms with E-state index in [1.54, 1.807) is 0 Å². The standard InChI is InChI=1S/C22H28N2O/c1-17-5-7-19(8-6-17)14-23-22(25)21-11-9-20(10-12-21)16-24-13-3-4-18(2)15-24/h5-12,18H,3-4,13-16H2,1-2H3,(H,23,25)/t18-/m1/s1. The third-order valence-electron chi connectivity index (χ3n) is 4.94. The third-order valence-corrected chi connectivity index (χ3v) is 4.94. The summed E-state index contributed by atoms with van der Waals surface area (Å²) in [6.07, 6.45) is 2.64. The highest BCUT2D eigenvalue weighted by Gasteiger charge is 2.16. The largest absolute Gasteiger partial charge is 0.348 e. The van der Waals surface area contributed by atoms with Gasteiger partial charge in [-0.15, -0.1) is 0 Å². The Hall–Kier alpha value is -2.13. The lowest BCUT2D eigenvalue weighted by atomic mass is 9.99. The molecule has 3 heteroatoms. The molecule has 25 heavy (non-hydrogen) atoms. The second kappa shape index (κ2) is 8.30. The van der Waals surface area contributed by atoms with Gasteiger partial charge in [0, 0.05) is 25.2 Å². The van der Waals surface area contributed by atoms with Crippen LogP contribution in [-0.4, -0.2) is 23.9 Å². The average Bonchev–Trinajstić information content (AvgIpc) is 2.62. The summed E-state index contributed by atoms with van der Waals surface area (Å²) in [4.78, 5) is 14.8. The van der Waals surface area contributed by atoms with Crippen molar-refractivity contribution < 1.29 is 4.79 Å². The van der Waals surface area contributed by atoms with E-state index in [-0.39, 0.29) is 5.91 Å². The summed E-state index contributed by atoms with van der Waals surface area (Å²) in [7, 11) is 0. The number of piperidine rings is 1. The van der Waals surface area contributed by atoms with E-state index in [9.17, 15) is 4.79 Å². The summed E-state index contributed by atoms with van der Waals surface area (Å²) in [5.74, 6) is 0.777. The first-order valence-electron chi connectivity index (χ1n) is 9.25. The van der Waals surface area contributed by atoms with Crippen LogP contribution in [0.25, 0.3) is 0 Å². The van der Waals surface area contributed by atoms with Gasteiger partial charge in [-0.05, 0) is 55.5 Å². The van der Waals surface area contributed by atoms with E-state index in [0.29, 0.717) is 6.54 Å². The van der Waals surface area contributed by atoms with Crippen molar-refractivity contribution in [1.29, 1.82) is 0 Å². The Morgan fingerprint density at radius 3 is 2.44 bits per heavy atom. The maximum Gasteiger partial charge on any atom is 0.251 e. The number of amides is 1. The smallest absolute Gasteiger partial charge is 0.251 e. The van der Waals surface area contributed by atoms with Crippen LogP contribution in [0.15, 0.2) is 48.5 Å². The second-order valence-electron chi connectivity index (χ2n) is 7.35. The normalized spacial score (nSPS) is 18.1. The molecule has 1 aliphatic heterocycles. The lowest BCUT2D eigenvalue weighted by Crippen LogP contribution is -2.33. The maximum absolute atomic E-state index is 12.3. The first kappa shape index (κ1) is 17.7. The fourth-order valence-electron chi connectivity index (χ4n) is 3.44. The van der Waals surface area contributed by atoms with Crippen LogP contribution < -0.4 is 5.32 Å². The zero-order valence-corrected chi connectivity index (χ0v) is 15.3. The first-order valence-corrected chi connectivity index (χ1v) is 9.25. The van der Waals surface area contributed by atoms with E-state index < -0.39 is 0 Å². The number of hydrogen-bond donors (Lipinski definition) is 1. The number of nitrogens with one attached hydrogen (secondary N) is 1. The number of nitrogens with zero attached hydrogens (tertiary/aromatic N) is 1. The zero-order chi connectivity index (χ0) is 17.6. The van der Waals surface area contributed by atoms with E-state index in [0.717, 1.165) is 23.6 Å². The average molecular weight is 336 g/mol. The molecule has 132 valence electrons. The van der Waals surface area contributed by atoms with Crippen molar-refractivity contribution in [1.82, 2.24) is 10.2 Å². The summed E-state index contributed by atoms with van der Waals surface area (Å²) in [5, 5.41) is 2.99. The van der Waals surface area contributed by atoms with Crippen molar-refractivity contribution in [3.63, 3.8) is 0 Å².